The summed E-state index contributed by atoms with van der Waals surface area (Å²) in [7, 11) is 0. The zero-order chi connectivity index (χ0) is 21.1. The van der Waals surface area contributed by atoms with Gasteiger partial charge in [0.05, 0.1) is 0 Å². The van der Waals surface area contributed by atoms with E-state index in [0.717, 1.165) is 18.4 Å². The van der Waals surface area contributed by atoms with Crippen molar-refractivity contribution in [2.75, 3.05) is 6.54 Å². The molecule has 6 nitrogen and oxygen atoms in total. The molecule has 0 spiro atoms. The van der Waals surface area contributed by atoms with Gasteiger partial charge < -0.3 is 5.32 Å². The first-order chi connectivity index (χ1) is 14.0. The first kappa shape index (κ1) is 22.6. The molecule has 0 aliphatic heterocycles. The molecule has 0 bridgehead atoms. The second-order valence-corrected chi connectivity index (χ2v) is 7.56. The van der Waals surface area contributed by atoms with Gasteiger partial charge in [-0.25, -0.2) is 5.01 Å². The van der Waals surface area contributed by atoms with Crippen molar-refractivity contribution in [3.8, 4) is 0 Å². The molecule has 0 radical (unpaired) electrons. The van der Waals surface area contributed by atoms with Crippen molar-refractivity contribution in [2.24, 2.45) is 5.92 Å². The maximum atomic E-state index is 13.0. The number of nitrogens with one attached hydrogen (secondary N) is 2. The van der Waals surface area contributed by atoms with E-state index in [2.05, 4.69) is 29.6 Å². The summed E-state index contributed by atoms with van der Waals surface area (Å²) in [5, 5.41) is 4.82. The van der Waals surface area contributed by atoms with Crippen LogP contribution < -0.4 is 10.7 Å². The predicted molar refractivity (Wildman–Crippen MR) is 115 cm³/mol. The van der Waals surface area contributed by atoms with Crippen LogP contribution in [0.5, 0.6) is 0 Å². The van der Waals surface area contributed by atoms with Gasteiger partial charge in [-0.15, -0.1) is 0 Å². The number of aromatic nitrogens is 1. The van der Waals surface area contributed by atoms with Crippen molar-refractivity contribution in [2.45, 2.75) is 52.6 Å². The molecular formula is C23H32N4O2. The minimum atomic E-state index is -0.423. The number of hydrazine groups is 1. The van der Waals surface area contributed by atoms with Crippen LogP contribution in [0.4, 0.5) is 0 Å². The van der Waals surface area contributed by atoms with E-state index in [1.54, 1.807) is 29.5 Å². The predicted octanol–water partition coefficient (Wildman–Crippen LogP) is 3.56. The number of pyridine rings is 1. The smallest absolute Gasteiger partial charge is 0.265 e. The molecule has 2 N–H and O–H groups in total. The summed E-state index contributed by atoms with van der Waals surface area (Å²) < 4.78 is 0. The Balaban J connectivity index is 2.11. The van der Waals surface area contributed by atoms with Gasteiger partial charge in [-0.2, -0.15) is 0 Å². The Bertz CT molecular complexity index is 750. The highest BCUT2D eigenvalue weighted by atomic mass is 16.2. The Morgan fingerprint density at radius 3 is 2.34 bits per heavy atom. The largest absolute Gasteiger partial charge is 0.351 e. The number of carbonyl (C=O) groups is 2. The fourth-order valence-corrected chi connectivity index (χ4v) is 2.99. The van der Waals surface area contributed by atoms with Crippen molar-refractivity contribution in [1.82, 2.24) is 20.7 Å². The molecule has 0 fully saturated rings. The topological polar surface area (TPSA) is 74.3 Å². The van der Waals surface area contributed by atoms with Gasteiger partial charge in [0.2, 0.25) is 5.91 Å². The fraction of sp³-hybridized carbons (Fsp3) is 0.435. The van der Waals surface area contributed by atoms with E-state index in [1.165, 1.54) is 0 Å². The third-order valence-corrected chi connectivity index (χ3v) is 4.69. The Kier molecular flexibility index (Phi) is 9.31. The number of rotatable bonds is 11. The molecule has 156 valence electrons. The van der Waals surface area contributed by atoms with E-state index < -0.39 is 6.04 Å². The van der Waals surface area contributed by atoms with Crippen LogP contribution in [0.25, 0.3) is 0 Å². The van der Waals surface area contributed by atoms with Crippen LogP contribution in [0, 0.1) is 5.92 Å². The van der Waals surface area contributed by atoms with Gasteiger partial charge in [0.25, 0.3) is 5.91 Å². The van der Waals surface area contributed by atoms with Gasteiger partial charge in [-0.05, 0) is 36.5 Å². The van der Waals surface area contributed by atoms with Crippen LogP contribution in [-0.4, -0.2) is 34.4 Å². The molecule has 0 aliphatic carbocycles. The summed E-state index contributed by atoms with van der Waals surface area (Å²) in [6.07, 6.45) is 5.55. The quantitative estimate of drug-likeness (QED) is 0.570. The summed E-state index contributed by atoms with van der Waals surface area (Å²) in [6.45, 7) is 7.39. The highest BCUT2D eigenvalue weighted by Crippen LogP contribution is 2.11. The SMILES string of the molecule is CCC[C@H](C(=O)NCc1ccccc1)N(CCC(C)C)NC(=O)c1ccncc1. The molecule has 1 aromatic heterocycles. The monoisotopic (exact) mass is 396 g/mol. The normalized spacial score (nSPS) is 12.0. The highest BCUT2D eigenvalue weighted by Gasteiger charge is 2.27. The molecule has 29 heavy (non-hydrogen) atoms. The summed E-state index contributed by atoms with van der Waals surface area (Å²) in [6, 6.07) is 12.7. The Morgan fingerprint density at radius 1 is 1.03 bits per heavy atom. The lowest BCUT2D eigenvalue weighted by atomic mass is 10.1. The number of amides is 2. The van der Waals surface area contributed by atoms with Crippen molar-refractivity contribution in [3.63, 3.8) is 0 Å². The summed E-state index contributed by atoms with van der Waals surface area (Å²) >= 11 is 0. The van der Waals surface area contributed by atoms with E-state index in [9.17, 15) is 9.59 Å². The summed E-state index contributed by atoms with van der Waals surface area (Å²) in [4.78, 5) is 29.6. The first-order valence-corrected chi connectivity index (χ1v) is 10.3. The molecular weight excluding hydrogens is 364 g/mol. The zero-order valence-corrected chi connectivity index (χ0v) is 17.6. The van der Waals surface area contributed by atoms with Gasteiger partial charge in [-0.1, -0.05) is 57.5 Å². The lowest BCUT2D eigenvalue weighted by Crippen LogP contribution is -2.55. The molecule has 0 unspecified atom stereocenters. The molecule has 1 aromatic carbocycles. The maximum Gasteiger partial charge on any atom is 0.265 e. The van der Waals surface area contributed by atoms with E-state index in [4.69, 9.17) is 0 Å². The van der Waals surface area contributed by atoms with Gasteiger partial charge in [0, 0.05) is 31.0 Å². The highest BCUT2D eigenvalue weighted by molar-refractivity contribution is 5.94. The van der Waals surface area contributed by atoms with Gasteiger partial charge in [0.15, 0.2) is 0 Å². The fourth-order valence-electron chi connectivity index (χ4n) is 2.99. The lowest BCUT2D eigenvalue weighted by Gasteiger charge is -2.31. The third kappa shape index (κ3) is 7.66. The van der Waals surface area contributed by atoms with Gasteiger partial charge in [0.1, 0.15) is 6.04 Å². The van der Waals surface area contributed by atoms with Gasteiger partial charge >= 0.3 is 0 Å². The van der Waals surface area contributed by atoms with Crippen LogP contribution in [0.2, 0.25) is 0 Å². The number of carbonyl (C=O) groups excluding carboxylic acids is 2. The van der Waals surface area contributed by atoms with E-state index in [1.807, 2.05) is 37.3 Å². The molecule has 2 amide bonds. The number of hydrogen-bond donors (Lipinski definition) is 2. The second kappa shape index (κ2) is 12.0. The Morgan fingerprint density at radius 2 is 1.72 bits per heavy atom. The molecule has 0 saturated carbocycles. The molecule has 0 aliphatic rings. The van der Waals surface area contributed by atoms with Crippen molar-refractivity contribution >= 4 is 11.8 Å². The maximum absolute atomic E-state index is 13.0. The van der Waals surface area contributed by atoms with Crippen LogP contribution in [-0.2, 0) is 11.3 Å². The third-order valence-electron chi connectivity index (χ3n) is 4.69. The van der Waals surface area contributed by atoms with E-state index in [0.29, 0.717) is 31.0 Å². The summed E-state index contributed by atoms with van der Waals surface area (Å²) in [5.41, 5.74) is 4.53. The molecule has 2 aromatic rings. The van der Waals surface area contributed by atoms with Gasteiger partial charge in [-0.3, -0.25) is 20.0 Å². The van der Waals surface area contributed by atoms with E-state index in [-0.39, 0.29) is 11.8 Å². The van der Waals surface area contributed by atoms with Crippen LogP contribution in [0.3, 0.4) is 0 Å². The van der Waals surface area contributed by atoms with Crippen molar-refractivity contribution in [3.05, 3.63) is 66.0 Å². The van der Waals surface area contributed by atoms with Crippen molar-refractivity contribution < 1.29 is 9.59 Å². The minimum Gasteiger partial charge on any atom is -0.351 e. The summed E-state index contributed by atoms with van der Waals surface area (Å²) in [5.74, 6) is 0.160. The Labute approximate surface area is 173 Å². The first-order valence-electron chi connectivity index (χ1n) is 10.3. The number of benzene rings is 1. The average molecular weight is 397 g/mol. The number of nitrogens with zero attached hydrogens (tertiary/aromatic N) is 2. The molecule has 1 atom stereocenters. The molecule has 1 heterocycles. The van der Waals surface area contributed by atoms with Crippen LogP contribution >= 0.6 is 0 Å². The minimum absolute atomic E-state index is 0.0745. The molecule has 6 heteroatoms. The molecule has 0 saturated heterocycles. The van der Waals surface area contributed by atoms with Crippen molar-refractivity contribution in [1.29, 1.82) is 0 Å². The second-order valence-electron chi connectivity index (χ2n) is 7.56. The lowest BCUT2D eigenvalue weighted by molar-refractivity contribution is -0.128. The number of hydrogen-bond acceptors (Lipinski definition) is 4. The molecule has 2 rings (SSSR count). The average Bonchev–Trinajstić information content (AvgIpc) is 2.74. The standard InChI is InChI=1S/C23H32N4O2/c1-4-8-21(23(29)25-17-19-9-6-5-7-10-19)27(16-13-18(2)3)26-22(28)20-11-14-24-15-12-20/h5-7,9-12,14-15,18,21H,4,8,13,16-17H2,1-3H3,(H,25,29)(H,26,28)/t21-/m1/s1. The zero-order valence-electron chi connectivity index (χ0n) is 17.6. The van der Waals surface area contributed by atoms with Crippen LogP contribution in [0.1, 0.15) is 56.0 Å². The Hall–Kier alpha value is -2.73. The van der Waals surface area contributed by atoms with E-state index >= 15 is 0 Å². The van der Waals surface area contributed by atoms with Crippen LogP contribution in [0.15, 0.2) is 54.9 Å².